The second-order valence-corrected chi connectivity index (χ2v) is 7.37. The van der Waals surface area contributed by atoms with E-state index < -0.39 is 0 Å². The van der Waals surface area contributed by atoms with Gasteiger partial charge in [0.05, 0.1) is 18.7 Å². The summed E-state index contributed by atoms with van der Waals surface area (Å²) in [4.78, 5) is 0. The van der Waals surface area contributed by atoms with Crippen LogP contribution in [0.15, 0.2) is 55.6 Å². The van der Waals surface area contributed by atoms with E-state index in [1.54, 1.807) is 13.2 Å². The van der Waals surface area contributed by atoms with Crippen molar-refractivity contribution in [2.45, 2.75) is 32.2 Å². The van der Waals surface area contributed by atoms with Gasteiger partial charge in [0.1, 0.15) is 16.5 Å². The molecule has 0 aromatic heterocycles. The highest BCUT2D eigenvalue weighted by Gasteiger charge is 2.17. The molecule has 148 valence electrons. The van der Waals surface area contributed by atoms with E-state index in [1.807, 2.05) is 24.3 Å². The molecular formula is C22H29Cl2NO2. The van der Waals surface area contributed by atoms with Crippen molar-refractivity contribution in [1.82, 2.24) is 5.32 Å². The molecule has 3 nitrogen and oxygen atoms in total. The van der Waals surface area contributed by atoms with Crippen LogP contribution in [0, 0.1) is 0 Å². The van der Waals surface area contributed by atoms with Crippen LogP contribution < -0.4 is 14.8 Å². The monoisotopic (exact) mass is 409 g/mol. The number of ether oxygens (including phenoxy) is 2. The lowest BCUT2D eigenvalue weighted by atomic mass is 9.95. The predicted octanol–water partition coefficient (Wildman–Crippen LogP) is 6.18. The van der Waals surface area contributed by atoms with Crippen LogP contribution in [0.25, 0.3) is 0 Å². The lowest BCUT2D eigenvalue weighted by Crippen LogP contribution is -2.42. The fourth-order valence-corrected chi connectivity index (χ4v) is 2.94. The largest absolute Gasteiger partial charge is 0.497 e. The second-order valence-electron chi connectivity index (χ2n) is 6.59. The Kier molecular flexibility index (Phi) is 10.3. The Labute approximate surface area is 173 Å². The molecule has 0 aliphatic rings. The van der Waals surface area contributed by atoms with Gasteiger partial charge in [-0.3, -0.25) is 0 Å². The summed E-state index contributed by atoms with van der Waals surface area (Å²) < 4.78 is 10.9. The molecule has 0 atom stereocenters. The van der Waals surface area contributed by atoms with Crippen molar-refractivity contribution in [3.63, 3.8) is 0 Å². The maximum absolute atomic E-state index is 6.11. The molecule has 0 bridgehead atoms. The molecule has 0 radical (unpaired) electrons. The summed E-state index contributed by atoms with van der Waals surface area (Å²) in [7, 11) is 1.68. The molecule has 0 aliphatic heterocycles. The molecular weight excluding hydrogens is 381 g/mol. The Morgan fingerprint density at radius 2 is 1.70 bits per heavy atom. The Hall–Kier alpha value is -1.68. The van der Waals surface area contributed by atoms with Crippen LogP contribution in [0.1, 0.15) is 25.8 Å². The number of nitrogens with one attached hydrogen (secondary N) is 1. The summed E-state index contributed by atoms with van der Waals surface area (Å²) in [5.41, 5.74) is 1.28. The molecule has 0 saturated carbocycles. The Bertz CT molecular complexity index is 687. The molecule has 0 heterocycles. The molecule has 0 unspecified atom stereocenters. The minimum Gasteiger partial charge on any atom is -0.497 e. The van der Waals surface area contributed by atoms with Crippen LogP contribution in [-0.4, -0.2) is 25.8 Å². The van der Waals surface area contributed by atoms with Crippen LogP contribution in [0.2, 0.25) is 10.0 Å². The van der Waals surface area contributed by atoms with Crippen molar-refractivity contribution in [3.05, 3.63) is 71.2 Å². The summed E-state index contributed by atoms with van der Waals surface area (Å²) in [6.45, 7) is 11.9. The van der Waals surface area contributed by atoms with E-state index >= 15 is 0 Å². The highest BCUT2D eigenvalue weighted by atomic mass is 35.5. The molecule has 0 saturated heterocycles. The van der Waals surface area contributed by atoms with Crippen LogP contribution in [0.5, 0.6) is 11.5 Å². The van der Waals surface area contributed by atoms with Gasteiger partial charge < -0.3 is 14.8 Å². The molecule has 27 heavy (non-hydrogen) atoms. The third kappa shape index (κ3) is 8.25. The van der Waals surface area contributed by atoms with Gasteiger partial charge in [-0.25, -0.2) is 0 Å². The minimum absolute atomic E-state index is 0.00227. The number of hydrogen-bond donors (Lipinski definition) is 1. The SMILES string of the molecule is C=C.COc1ccc(CC(C)(C)NCCCOc2cccc(Cl)c2Cl)cc1. The first-order valence-electron chi connectivity index (χ1n) is 8.86. The summed E-state index contributed by atoms with van der Waals surface area (Å²) in [5.74, 6) is 1.51. The first-order chi connectivity index (χ1) is 12.9. The van der Waals surface area contributed by atoms with E-state index in [0.717, 1.165) is 25.1 Å². The Balaban J connectivity index is 0.00000176. The second kappa shape index (κ2) is 11.9. The number of benzene rings is 2. The van der Waals surface area contributed by atoms with Gasteiger partial charge in [0, 0.05) is 5.54 Å². The normalized spacial score (nSPS) is 10.7. The molecule has 2 rings (SSSR count). The zero-order valence-electron chi connectivity index (χ0n) is 16.4. The molecule has 5 heteroatoms. The van der Waals surface area contributed by atoms with Crippen molar-refractivity contribution < 1.29 is 9.47 Å². The summed E-state index contributed by atoms with van der Waals surface area (Å²) in [5, 5.41) is 4.56. The number of methoxy groups -OCH3 is 1. The predicted molar refractivity (Wildman–Crippen MR) is 117 cm³/mol. The van der Waals surface area contributed by atoms with E-state index in [9.17, 15) is 0 Å². The van der Waals surface area contributed by atoms with Gasteiger partial charge in [0.15, 0.2) is 0 Å². The number of hydrogen-bond acceptors (Lipinski definition) is 3. The Morgan fingerprint density at radius 3 is 2.33 bits per heavy atom. The highest BCUT2D eigenvalue weighted by Crippen LogP contribution is 2.31. The van der Waals surface area contributed by atoms with Gasteiger partial charge in [-0.1, -0.05) is 41.4 Å². The third-order valence-corrected chi connectivity index (χ3v) is 4.71. The van der Waals surface area contributed by atoms with E-state index in [4.69, 9.17) is 32.7 Å². The lowest BCUT2D eigenvalue weighted by molar-refractivity contribution is 0.294. The highest BCUT2D eigenvalue weighted by molar-refractivity contribution is 6.42. The smallest absolute Gasteiger partial charge is 0.139 e. The average Bonchev–Trinajstić information content (AvgIpc) is 2.66. The fraction of sp³-hybridized carbons (Fsp3) is 0.364. The van der Waals surface area contributed by atoms with Crippen molar-refractivity contribution in [1.29, 1.82) is 0 Å². The van der Waals surface area contributed by atoms with E-state index in [1.165, 1.54) is 5.56 Å². The van der Waals surface area contributed by atoms with Crippen LogP contribution in [0.3, 0.4) is 0 Å². The molecule has 2 aromatic carbocycles. The van der Waals surface area contributed by atoms with Crippen LogP contribution >= 0.6 is 23.2 Å². The maximum atomic E-state index is 6.11. The molecule has 0 spiro atoms. The van der Waals surface area contributed by atoms with Crippen LogP contribution in [0.4, 0.5) is 0 Å². The minimum atomic E-state index is 0.00227. The van der Waals surface area contributed by atoms with Crippen molar-refractivity contribution >= 4 is 23.2 Å². The van der Waals surface area contributed by atoms with Gasteiger partial charge in [0.2, 0.25) is 0 Å². The summed E-state index contributed by atoms with van der Waals surface area (Å²) in [6, 6.07) is 13.6. The topological polar surface area (TPSA) is 30.5 Å². The zero-order valence-corrected chi connectivity index (χ0v) is 17.9. The Morgan fingerprint density at radius 1 is 1.04 bits per heavy atom. The average molecular weight is 410 g/mol. The first kappa shape index (κ1) is 23.4. The molecule has 2 aromatic rings. The number of halogens is 2. The zero-order chi connectivity index (χ0) is 20.3. The number of rotatable bonds is 9. The quantitative estimate of drug-likeness (QED) is 0.395. The molecule has 0 aliphatic carbocycles. The van der Waals surface area contributed by atoms with E-state index in [0.29, 0.717) is 22.4 Å². The summed E-state index contributed by atoms with van der Waals surface area (Å²) in [6.07, 6.45) is 1.83. The van der Waals surface area contributed by atoms with Crippen LogP contribution in [-0.2, 0) is 6.42 Å². The molecule has 1 N–H and O–H groups in total. The third-order valence-electron chi connectivity index (χ3n) is 3.90. The standard InChI is InChI=1S/C20H25Cl2NO2.C2H4/c1-20(2,14-15-8-10-16(24-3)11-9-15)23-12-5-13-25-18-7-4-6-17(21)19(18)22;1-2/h4,6-11,23H,5,12-14H2,1-3H3;1-2H2. The van der Waals surface area contributed by atoms with Gasteiger partial charge in [-0.2, -0.15) is 0 Å². The van der Waals surface area contributed by atoms with Gasteiger partial charge in [0.25, 0.3) is 0 Å². The van der Waals surface area contributed by atoms with Gasteiger partial charge in [-0.15, -0.1) is 13.2 Å². The maximum Gasteiger partial charge on any atom is 0.139 e. The van der Waals surface area contributed by atoms with Crippen molar-refractivity contribution in [2.24, 2.45) is 0 Å². The van der Waals surface area contributed by atoms with Gasteiger partial charge >= 0.3 is 0 Å². The lowest BCUT2D eigenvalue weighted by Gasteiger charge is -2.26. The van der Waals surface area contributed by atoms with E-state index in [-0.39, 0.29) is 5.54 Å². The summed E-state index contributed by atoms with van der Waals surface area (Å²) >= 11 is 12.1. The van der Waals surface area contributed by atoms with E-state index in [2.05, 4.69) is 44.5 Å². The fourth-order valence-electron chi connectivity index (χ4n) is 2.59. The first-order valence-corrected chi connectivity index (χ1v) is 9.62. The van der Waals surface area contributed by atoms with Gasteiger partial charge in [-0.05, 0) is 63.1 Å². The van der Waals surface area contributed by atoms with Crippen molar-refractivity contribution in [3.8, 4) is 11.5 Å². The molecule has 0 fully saturated rings. The van der Waals surface area contributed by atoms with Crippen molar-refractivity contribution in [2.75, 3.05) is 20.3 Å². The molecule has 0 amide bonds.